The highest BCUT2D eigenvalue weighted by Crippen LogP contribution is 2.14. The molecule has 0 aliphatic carbocycles. The summed E-state index contributed by atoms with van der Waals surface area (Å²) >= 11 is 0. The Bertz CT molecular complexity index is 441. The molecule has 1 aromatic rings. The van der Waals surface area contributed by atoms with Crippen LogP contribution >= 0.6 is 0 Å². The van der Waals surface area contributed by atoms with E-state index in [1.54, 1.807) is 18.3 Å². The Morgan fingerprint density at radius 3 is 2.47 bits per heavy atom. The van der Waals surface area contributed by atoms with Crippen LogP contribution < -0.4 is 0 Å². The van der Waals surface area contributed by atoms with E-state index in [2.05, 4.69) is 24.7 Å². The highest BCUT2D eigenvalue weighted by atomic mass is 16.5. The van der Waals surface area contributed by atoms with Crippen LogP contribution in [0.4, 0.5) is 0 Å². The van der Waals surface area contributed by atoms with Gasteiger partial charge < -0.3 is 4.74 Å². The zero-order chi connectivity index (χ0) is 14.7. The molecule has 2 heteroatoms. The third-order valence-electron chi connectivity index (χ3n) is 2.24. The van der Waals surface area contributed by atoms with Crippen molar-refractivity contribution in [1.82, 2.24) is 4.98 Å². The lowest BCUT2D eigenvalue weighted by Gasteiger charge is -2.09. The molecule has 0 aromatic carbocycles. The highest BCUT2D eigenvalue weighted by Gasteiger charge is 2.01. The van der Waals surface area contributed by atoms with Crippen LogP contribution in [0.1, 0.15) is 25.1 Å². The summed E-state index contributed by atoms with van der Waals surface area (Å²) in [7, 11) is 0. The number of nitrogens with zero attached hydrogens (tertiary/aromatic N) is 1. The van der Waals surface area contributed by atoms with Gasteiger partial charge in [0.15, 0.2) is 0 Å². The third kappa shape index (κ3) is 6.41. The van der Waals surface area contributed by atoms with Crippen LogP contribution in [0.25, 0.3) is 5.76 Å². The zero-order valence-corrected chi connectivity index (χ0v) is 12.1. The quantitative estimate of drug-likeness (QED) is 0.544. The summed E-state index contributed by atoms with van der Waals surface area (Å²) in [5, 5.41) is 0. The van der Waals surface area contributed by atoms with Crippen LogP contribution in [0.15, 0.2) is 61.9 Å². The van der Waals surface area contributed by atoms with Gasteiger partial charge >= 0.3 is 0 Å². The number of ether oxygens (including phenoxy) is 1. The van der Waals surface area contributed by atoms with Crippen molar-refractivity contribution >= 4 is 5.76 Å². The molecule has 0 N–H and O–H groups in total. The lowest BCUT2D eigenvalue weighted by molar-refractivity contribution is 0.314. The summed E-state index contributed by atoms with van der Waals surface area (Å²) in [5.74, 6) is 0.606. The van der Waals surface area contributed by atoms with Gasteiger partial charge in [0.2, 0.25) is 0 Å². The molecule has 0 atom stereocenters. The molecule has 0 amide bonds. The maximum atomic E-state index is 5.55. The average molecular weight is 257 g/mol. The number of pyridine rings is 1. The molecular formula is C17H23NO. The van der Waals surface area contributed by atoms with Crippen molar-refractivity contribution < 1.29 is 4.74 Å². The molecular weight excluding hydrogens is 234 g/mol. The monoisotopic (exact) mass is 257 g/mol. The molecule has 19 heavy (non-hydrogen) atoms. The molecule has 0 aliphatic heterocycles. The predicted molar refractivity (Wildman–Crippen MR) is 83.8 cm³/mol. The van der Waals surface area contributed by atoms with Crippen molar-refractivity contribution in [3.63, 3.8) is 0 Å². The largest absolute Gasteiger partial charge is 0.489 e. The van der Waals surface area contributed by atoms with E-state index >= 15 is 0 Å². The smallest absolute Gasteiger partial charge is 0.121 e. The highest BCUT2D eigenvalue weighted by molar-refractivity contribution is 5.56. The molecule has 1 heterocycles. The van der Waals surface area contributed by atoms with Crippen molar-refractivity contribution in [3.05, 3.63) is 73.1 Å². The van der Waals surface area contributed by atoms with Gasteiger partial charge in [-0.3, -0.25) is 4.98 Å². The first kappa shape index (κ1) is 16.9. The Balaban J connectivity index is 0.00000154. The number of aromatic nitrogens is 1. The normalized spacial score (nSPS) is 9.95. The molecule has 1 rings (SSSR count). The maximum absolute atomic E-state index is 5.55. The van der Waals surface area contributed by atoms with Gasteiger partial charge in [0.05, 0.1) is 0 Å². The van der Waals surface area contributed by atoms with Crippen molar-refractivity contribution in [1.29, 1.82) is 0 Å². The Kier molecular flexibility index (Phi) is 8.80. The average Bonchev–Trinajstić information content (AvgIpc) is 2.46. The second-order valence-corrected chi connectivity index (χ2v) is 3.58. The first-order valence-electron chi connectivity index (χ1n) is 6.36. The number of hydrogen-bond acceptors (Lipinski definition) is 2. The van der Waals surface area contributed by atoms with Gasteiger partial charge in [-0.15, -0.1) is 0 Å². The molecule has 2 nitrogen and oxygen atoms in total. The van der Waals surface area contributed by atoms with Crippen LogP contribution in [-0.4, -0.2) is 11.6 Å². The fourth-order valence-electron chi connectivity index (χ4n) is 1.21. The summed E-state index contributed by atoms with van der Waals surface area (Å²) in [6, 6.07) is 3.87. The van der Waals surface area contributed by atoms with E-state index in [1.807, 2.05) is 39.0 Å². The molecule has 0 saturated carbocycles. The van der Waals surface area contributed by atoms with Crippen molar-refractivity contribution in [2.45, 2.75) is 20.8 Å². The van der Waals surface area contributed by atoms with Gasteiger partial charge in [-0.25, -0.2) is 0 Å². The second kappa shape index (κ2) is 9.89. The summed E-state index contributed by atoms with van der Waals surface area (Å²) in [6.45, 7) is 17.6. The van der Waals surface area contributed by atoms with Gasteiger partial charge in [0.25, 0.3) is 0 Å². The number of hydrogen-bond donors (Lipinski definition) is 0. The molecule has 0 saturated heterocycles. The third-order valence-corrected chi connectivity index (χ3v) is 2.24. The molecule has 0 unspecified atom stereocenters. The van der Waals surface area contributed by atoms with E-state index in [0.717, 1.165) is 16.8 Å². The summed E-state index contributed by atoms with van der Waals surface area (Å²) in [6.07, 6.45) is 7.05. The summed E-state index contributed by atoms with van der Waals surface area (Å²) in [5.41, 5.74) is 2.82. The molecule has 0 radical (unpaired) electrons. The van der Waals surface area contributed by atoms with Gasteiger partial charge in [-0.1, -0.05) is 51.8 Å². The Labute approximate surface area is 116 Å². The van der Waals surface area contributed by atoms with Gasteiger partial charge in [0, 0.05) is 17.5 Å². The van der Waals surface area contributed by atoms with Crippen LogP contribution in [-0.2, 0) is 4.74 Å². The first-order chi connectivity index (χ1) is 9.17. The van der Waals surface area contributed by atoms with Crippen molar-refractivity contribution in [2.24, 2.45) is 0 Å². The molecule has 102 valence electrons. The molecule has 1 aromatic heterocycles. The van der Waals surface area contributed by atoms with E-state index in [9.17, 15) is 0 Å². The minimum absolute atomic E-state index is 0.433. The molecule has 0 aliphatic rings. The number of allylic oxidation sites excluding steroid dienone is 2. The van der Waals surface area contributed by atoms with Gasteiger partial charge in [-0.05, 0) is 24.6 Å². The number of aryl methyl sites for hydroxylation is 1. The fourth-order valence-corrected chi connectivity index (χ4v) is 1.21. The van der Waals surface area contributed by atoms with Crippen molar-refractivity contribution in [3.8, 4) is 0 Å². The van der Waals surface area contributed by atoms with E-state index in [4.69, 9.17) is 4.74 Å². The fraction of sp³-hybridized carbons (Fsp3) is 0.235. The van der Waals surface area contributed by atoms with Crippen LogP contribution in [0.3, 0.4) is 0 Å². The zero-order valence-electron chi connectivity index (χ0n) is 12.1. The lowest BCUT2D eigenvalue weighted by atomic mass is 10.2. The van der Waals surface area contributed by atoms with Gasteiger partial charge in [-0.2, -0.15) is 0 Å². The van der Waals surface area contributed by atoms with E-state index < -0.39 is 0 Å². The van der Waals surface area contributed by atoms with E-state index in [1.165, 1.54) is 0 Å². The lowest BCUT2D eigenvalue weighted by Crippen LogP contribution is -1.96. The summed E-state index contributed by atoms with van der Waals surface area (Å²) < 4.78 is 5.55. The maximum Gasteiger partial charge on any atom is 0.121 e. The SMILES string of the molecule is C=C/C=C(\C=C)COC(=C)c1ccc(C)nc1.CC. The van der Waals surface area contributed by atoms with E-state index in [-0.39, 0.29) is 0 Å². The number of rotatable bonds is 6. The molecule has 0 spiro atoms. The van der Waals surface area contributed by atoms with Gasteiger partial charge in [0.1, 0.15) is 12.4 Å². The Morgan fingerprint density at radius 1 is 1.32 bits per heavy atom. The minimum Gasteiger partial charge on any atom is -0.489 e. The second-order valence-electron chi connectivity index (χ2n) is 3.58. The molecule has 0 fully saturated rings. The van der Waals surface area contributed by atoms with Crippen molar-refractivity contribution in [2.75, 3.05) is 6.61 Å². The van der Waals surface area contributed by atoms with E-state index in [0.29, 0.717) is 12.4 Å². The van der Waals surface area contributed by atoms with Crippen LogP contribution in [0.5, 0.6) is 0 Å². The van der Waals surface area contributed by atoms with Crippen LogP contribution in [0.2, 0.25) is 0 Å². The standard InChI is InChI=1S/C15H17NO.C2H6/c1-5-7-14(6-2)11-17-13(4)15-9-8-12(3)16-10-15;1-2/h5-10H,1-2,4,11H2,3H3;1-2H3/b14-7+;. The minimum atomic E-state index is 0.433. The Hall–Kier alpha value is -2.09. The predicted octanol–water partition coefficient (Wildman–Crippen LogP) is 4.70. The Morgan fingerprint density at radius 2 is 2.00 bits per heavy atom. The topological polar surface area (TPSA) is 22.1 Å². The van der Waals surface area contributed by atoms with Crippen LogP contribution in [0, 0.1) is 6.92 Å². The summed E-state index contributed by atoms with van der Waals surface area (Å²) in [4.78, 5) is 4.19. The first-order valence-corrected chi connectivity index (χ1v) is 6.36. The molecule has 0 bridgehead atoms.